The van der Waals surface area contributed by atoms with Gasteiger partial charge in [-0.15, -0.1) is 0 Å². The van der Waals surface area contributed by atoms with Crippen LogP contribution in [-0.2, 0) is 16.1 Å². The number of benzene rings is 2. The molecule has 0 atom stereocenters. The van der Waals surface area contributed by atoms with Gasteiger partial charge in [-0.2, -0.15) is 0 Å². The predicted molar refractivity (Wildman–Crippen MR) is 79.7 cm³/mol. The highest BCUT2D eigenvalue weighted by molar-refractivity contribution is 5.91. The molecule has 2 rings (SSSR count). The zero-order valence-electron chi connectivity index (χ0n) is 12.1. The van der Waals surface area contributed by atoms with Crippen molar-refractivity contribution < 1.29 is 18.7 Å². The van der Waals surface area contributed by atoms with Gasteiger partial charge in [0.25, 0.3) is 5.91 Å². The van der Waals surface area contributed by atoms with Crippen LogP contribution in [0.2, 0.25) is 0 Å². The Morgan fingerprint density at radius 3 is 2.55 bits per heavy atom. The molecule has 0 aliphatic carbocycles. The maximum atomic E-state index is 13.0. The second kappa shape index (κ2) is 7.36. The number of ether oxygens (including phenoxy) is 1. The van der Waals surface area contributed by atoms with Crippen LogP contribution in [-0.4, -0.2) is 18.5 Å². The normalized spacial score (nSPS) is 10.1. The molecule has 0 fully saturated rings. The van der Waals surface area contributed by atoms with Crippen molar-refractivity contribution in [2.75, 3.05) is 6.61 Å². The molecule has 2 aromatic carbocycles. The summed E-state index contributed by atoms with van der Waals surface area (Å²) in [6.45, 7) is 1.94. The van der Waals surface area contributed by atoms with E-state index in [1.54, 1.807) is 0 Å². The molecule has 0 heterocycles. The Hall–Kier alpha value is -2.69. The van der Waals surface area contributed by atoms with Crippen LogP contribution in [0.25, 0.3) is 0 Å². The number of amides is 1. The third kappa shape index (κ3) is 4.70. The van der Waals surface area contributed by atoms with Crippen molar-refractivity contribution in [1.82, 2.24) is 5.32 Å². The average molecular weight is 301 g/mol. The van der Waals surface area contributed by atoms with Crippen molar-refractivity contribution in [3.05, 3.63) is 71.0 Å². The van der Waals surface area contributed by atoms with Crippen molar-refractivity contribution >= 4 is 11.9 Å². The van der Waals surface area contributed by atoms with E-state index in [2.05, 4.69) is 5.32 Å². The van der Waals surface area contributed by atoms with Gasteiger partial charge in [-0.1, -0.05) is 35.9 Å². The third-order valence-corrected chi connectivity index (χ3v) is 3.00. The zero-order chi connectivity index (χ0) is 15.9. The number of rotatable bonds is 5. The lowest BCUT2D eigenvalue weighted by Crippen LogP contribution is -2.28. The molecule has 0 saturated carbocycles. The van der Waals surface area contributed by atoms with Crippen molar-refractivity contribution in [3.8, 4) is 0 Å². The maximum absolute atomic E-state index is 13.0. The van der Waals surface area contributed by atoms with Crippen LogP contribution in [0.3, 0.4) is 0 Å². The van der Waals surface area contributed by atoms with E-state index >= 15 is 0 Å². The quantitative estimate of drug-likeness (QED) is 0.864. The topological polar surface area (TPSA) is 55.4 Å². The maximum Gasteiger partial charge on any atom is 0.338 e. The molecule has 0 bridgehead atoms. The third-order valence-electron chi connectivity index (χ3n) is 3.00. The molecule has 2 aromatic rings. The SMILES string of the molecule is Cc1ccc(CNC(=O)COC(=O)c2cccc(F)c2)cc1. The number of hydrogen-bond donors (Lipinski definition) is 1. The van der Waals surface area contributed by atoms with E-state index in [1.807, 2.05) is 31.2 Å². The Balaban J connectivity index is 1.78. The number of esters is 1. The average Bonchev–Trinajstić information content (AvgIpc) is 2.52. The van der Waals surface area contributed by atoms with Crippen molar-refractivity contribution in [3.63, 3.8) is 0 Å². The second-order valence-electron chi connectivity index (χ2n) is 4.85. The van der Waals surface area contributed by atoms with Gasteiger partial charge >= 0.3 is 5.97 Å². The van der Waals surface area contributed by atoms with Crippen molar-refractivity contribution in [2.45, 2.75) is 13.5 Å². The van der Waals surface area contributed by atoms with Crippen molar-refractivity contribution in [1.29, 1.82) is 0 Å². The lowest BCUT2D eigenvalue weighted by atomic mass is 10.1. The van der Waals surface area contributed by atoms with Crippen LogP contribution < -0.4 is 5.32 Å². The number of carbonyl (C=O) groups excluding carboxylic acids is 2. The highest BCUT2D eigenvalue weighted by Gasteiger charge is 2.10. The Kier molecular flexibility index (Phi) is 5.25. The molecule has 0 unspecified atom stereocenters. The first kappa shape index (κ1) is 15.7. The van der Waals surface area contributed by atoms with Gasteiger partial charge < -0.3 is 10.1 Å². The number of nitrogens with one attached hydrogen (secondary N) is 1. The lowest BCUT2D eigenvalue weighted by Gasteiger charge is -2.07. The fourth-order valence-electron chi connectivity index (χ4n) is 1.79. The Labute approximate surface area is 127 Å². The lowest BCUT2D eigenvalue weighted by molar-refractivity contribution is -0.124. The first-order chi connectivity index (χ1) is 10.5. The summed E-state index contributed by atoms with van der Waals surface area (Å²) in [7, 11) is 0. The van der Waals surface area contributed by atoms with E-state index < -0.39 is 24.3 Å². The summed E-state index contributed by atoms with van der Waals surface area (Å²) >= 11 is 0. The molecule has 22 heavy (non-hydrogen) atoms. The van der Waals surface area contributed by atoms with Crippen LogP contribution >= 0.6 is 0 Å². The molecule has 0 radical (unpaired) electrons. The molecule has 0 aliphatic rings. The molecule has 1 amide bonds. The summed E-state index contributed by atoms with van der Waals surface area (Å²) in [6.07, 6.45) is 0. The van der Waals surface area contributed by atoms with Gasteiger partial charge in [0.05, 0.1) is 5.56 Å². The number of carbonyl (C=O) groups is 2. The van der Waals surface area contributed by atoms with Gasteiger partial charge in [0.1, 0.15) is 5.82 Å². The highest BCUT2D eigenvalue weighted by atomic mass is 19.1. The summed E-state index contributed by atoms with van der Waals surface area (Å²) in [5.41, 5.74) is 2.17. The molecule has 0 aliphatic heterocycles. The van der Waals surface area contributed by atoms with Crippen LogP contribution in [0.15, 0.2) is 48.5 Å². The smallest absolute Gasteiger partial charge is 0.338 e. The largest absolute Gasteiger partial charge is 0.452 e. The summed E-state index contributed by atoms with van der Waals surface area (Å²) in [5, 5.41) is 2.65. The Bertz CT molecular complexity index is 668. The number of aryl methyl sites for hydroxylation is 1. The fraction of sp³-hybridized carbons (Fsp3) is 0.176. The van der Waals surface area contributed by atoms with E-state index in [4.69, 9.17) is 4.74 Å². The standard InChI is InChI=1S/C17H16FNO3/c1-12-5-7-13(8-6-12)10-19-16(20)11-22-17(21)14-3-2-4-15(18)9-14/h2-9H,10-11H2,1H3,(H,19,20). The van der Waals surface area contributed by atoms with Gasteiger partial charge in [-0.3, -0.25) is 4.79 Å². The van der Waals surface area contributed by atoms with Crippen LogP contribution in [0.1, 0.15) is 21.5 Å². The van der Waals surface area contributed by atoms with E-state index in [1.165, 1.54) is 18.2 Å². The van der Waals surface area contributed by atoms with Crippen LogP contribution in [0.4, 0.5) is 4.39 Å². The first-order valence-corrected chi connectivity index (χ1v) is 6.79. The molecule has 0 saturated heterocycles. The first-order valence-electron chi connectivity index (χ1n) is 6.79. The van der Waals surface area contributed by atoms with Gasteiger partial charge in [0.15, 0.2) is 6.61 Å². The predicted octanol–water partition coefficient (Wildman–Crippen LogP) is 2.61. The second-order valence-corrected chi connectivity index (χ2v) is 4.85. The number of hydrogen-bond acceptors (Lipinski definition) is 3. The minimum absolute atomic E-state index is 0.0753. The van der Waals surface area contributed by atoms with Gasteiger partial charge in [-0.25, -0.2) is 9.18 Å². The van der Waals surface area contributed by atoms with Crippen LogP contribution in [0.5, 0.6) is 0 Å². The van der Waals surface area contributed by atoms with E-state index in [9.17, 15) is 14.0 Å². The summed E-state index contributed by atoms with van der Waals surface area (Å²) in [5.74, 6) is -1.67. The molecule has 0 spiro atoms. The zero-order valence-corrected chi connectivity index (χ0v) is 12.1. The van der Waals surface area contributed by atoms with Crippen molar-refractivity contribution in [2.24, 2.45) is 0 Å². The van der Waals surface area contributed by atoms with E-state index in [0.29, 0.717) is 6.54 Å². The Morgan fingerprint density at radius 2 is 1.86 bits per heavy atom. The van der Waals surface area contributed by atoms with Gasteiger partial charge in [-0.05, 0) is 30.7 Å². The van der Waals surface area contributed by atoms with Crippen LogP contribution in [0, 0.1) is 12.7 Å². The summed E-state index contributed by atoms with van der Waals surface area (Å²) in [4.78, 5) is 23.3. The summed E-state index contributed by atoms with van der Waals surface area (Å²) < 4.78 is 17.8. The minimum atomic E-state index is -0.731. The number of halogens is 1. The molecular formula is C17H16FNO3. The molecule has 0 aromatic heterocycles. The highest BCUT2D eigenvalue weighted by Crippen LogP contribution is 2.05. The van der Waals surface area contributed by atoms with E-state index in [-0.39, 0.29) is 5.56 Å². The van der Waals surface area contributed by atoms with E-state index in [0.717, 1.165) is 17.2 Å². The summed E-state index contributed by atoms with van der Waals surface area (Å²) in [6, 6.07) is 12.8. The Morgan fingerprint density at radius 1 is 1.14 bits per heavy atom. The molecule has 5 heteroatoms. The molecule has 1 N–H and O–H groups in total. The molecular weight excluding hydrogens is 285 g/mol. The molecule has 114 valence electrons. The monoisotopic (exact) mass is 301 g/mol. The van der Waals surface area contributed by atoms with Gasteiger partial charge in [0.2, 0.25) is 0 Å². The molecule has 4 nitrogen and oxygen atoms in total. The van der Waals surface area contributed by atoms with Gasteiger partial charge in [0, 0.05) is 6.54 Å². The minimum Gasteiger partial charge on any atom is -0.452 e. The fourth-order valence-corrected chi connectivity index (χ4v) is 1.79.